The van der Waals surface area contributed by atoms with Gasteiger partial charge in [0.1, 0.15) is 5.78 Å². The largest absolute Gasteiger partial charge is 0.351 e. The molecule has 1 aromatic carbocycles. The van der Waals surface area contributed by atoms with Crippen molar-refractivity contribution in [3.05, 3.63) is 35.9 Å². The van der Waals surface area contributed by atoms with Gasteiger partial charge in [-0.15, -0.1) is 0 Å². The number of benzene rings is 1. The molecule has 17 heavy (non-hydrogen) atoms. The van der Waals surface area contributed by atoms with Crippen LogP contribution in [0.4, 0.5) is 0 Å². The van der Waals surface area contributed by atoms with E-state index in [-0.39, 0.29) is 17.7 Å². The van der Waals surface area contributed by atoms with Gasteiger partial charge in [-0.2, -0.15) is 0 Å². The molecule has 1 saturated carbocycles. The molecule has 1 aliphatic rings. The lowest BCUT2D eigenvalue weighted by Gasteiger charge is -2.29. The van der Waals surface area contributed by atoms with Crippen LogP contribution in [0, 0.1) is 5.92 Å². The van der Waals surface area contributed by atoms with Gasteiger partial charge in [0.05, 0.1) is 6.04 Å². The van der Waals surface area contributed by atoms with Gasteiger partial charge in [0.15, 0.2) is 0 Å². The highest BCUT2D eigenvalue weighted by atomic mass is 16.1. The van der Waals surface area contributed by atoms with Crippen LogP contribution in [0.2, 0.25) is 0 Å². The van der Waals surface area contributed by atoms with Gasteiger partial charge in [0, 0.05) is 12.3 Å². The predicted octanol–water partition coefficient (Wildman–Crippen LogP) is 2.23. The van der Waals surface area contributed by atoms with Gasteiger partial charge in [-0.1, -0.05) is 36.8 Å². The number of carbonyl (C=O) groups is 2. The van der Waals surface area contributed by atoms with Crippen LogP contribution in [0.1, 0.15) is 37.3 Å². The van der Waals surface area contributed by atoms with E-state index in [0.717, 1.165) is 24.8 Å². The van der Waals surface area contributed by atoms with E-state index in [4.69, 9.17) is 0 Å². The minimum atomic E-state index is -0.165. The maximum absolute atomic E-state index is 11.9. The predicted molar refractivity (Wildman–Crippen MR) is 65.3 cm³/mol. The van der Waals surface area contributed by atoms with Crippen LogP contribution in [-0.4, -0.2) is 12.2 Å². The van der Waals surface area contributed by atoms with Crippen LogP contribution >= 0.6 is 0 Å². The molecule has 1 fully saturated rings. The first-order valence-corrected chi connectivity index (χ1v) is 6.10. The summed E-state index contributed by atoms with van der Waals surface area (Å²) in [5, 5.41) is 2.80. The molecule has 0 radical (unpaired) electrons. The van der Waals surface area contributed by atoms with Crippen LogP contribution in [-0.2, 0) is 9.59 Å². The minimum absolute atomic E-state index is 0.0589. The van der Waals surface area contributed by atoms with E-state index in [1.54, 1.807) is 0 Å². The number of nitrogens with one attached hydrogen (secondary N) is 1. The topological polar surface area (TPSA) is 46.2 Å². The van der Waals surface area contributed by atoms with Crippen molar-refractivity contribution in [3.8, 4) is 0 Å². The van der Waals surface area contributed by atoms with Crippen LogP contribution in [0.3, 0.4) is 0 Å². The number of amides is 1. The van der Waals surface area contributed by atoms with E-state index < -0.39 is 0 Å². The fraction of sp³-hybridized carbons (Fsp3) is 0.429. The van der Waals surface area contributed by atoms with Crippen molar-refractivity contribution < 1.29 is 9.59 Å². The Morgan fingerprint density at radius 2 is 2.00 bits per heavy atom. The molecule has 0 saturated heterocycles. The van der Waals surface area contributed by atoms with Crippen LogP contribution in [0.5, 0.6) is 0 Å². The van der Waals surface area contributed by atoms with Gasteiger partial charge in [-0.05, 0) is 18.4 Å². The fourth-order valence-electron chi connectivity index (χ4n) is 2.54. The van der Waals surface area contributed by atoms with Gasteiger partial charge in [0.2, 0.25) is 6.41 Å². The molecule has 1 N–H and O–H groups in total. The van der Waals surface area contributed by atoms with Crippen molar-refractivity contribution in [1.29, 1.82) is 0 Å². The van der Waals surface area contributed by atoms with Gasteiger partial charge in [-0.3, -0.25) is 9.59 Å². The number of carbonyl (C=O) groups excluding carboxylic acids is 2. The molecule has 2 unspecified atom stereocenters. The van der Waals surface area contributed by atoms with E-state index in [0.29, 0.717) is 12.8 Å². The highest BCUT2D eigenvalue weighted by molar-refractivity contribution is 5.82. The van der Waals surface area contributed by atoms with E-state index in [9.17, 15) is 9.59 Å². The van der Waals surface area contributed by atoms with Crippen molar-refractivity contribution >= 4 is 12.2 Å². The second-order valence-electron chi connectivity index (χ2n) is 4.49. The second kappa shape index (κ2) is 5.62. The van der Waals surface area contributed by atoms with Crippen molar-refractivity contribution in [1.82, 2.24) is 5.32 Å². The maximum Gasteiger partial charge on any atom is 0.207 e. The Labute approximate surface area is 101 Å². The average Bonchev–Trinajstić information content (AvgIpc) is 2.38. The average molecular weight is 231 g/mol. The molecule has 90 valence electrons. The SMILES string of the molecule is O=CNC(c1ccccc1)C1CCCCC1=O. The molecule has 2 rings (SSSR count). The monoisotopic (exact) mass is 231 g/mol. The first-order valence-electron chi connectivity index (χ1n) is 6.10. The Hall–Kier alpha value is -1.64. The lowest BCUT2D eigenvalue weighted by molar-refractivity contribution is -0.126. The first kappa shape index (κ1) is 11.8. The zero-order chi connectivity index (χ0) is 12.1. The third kappa shape index (κ3) is 2.73. The van der Waals surface area contributed by atoms with Crippen LogP contribution in [0.15, 0.2) is 30.3 Å². The summed E-state index contributed by atoms with van der Waals surface area (Å²) in [7, 11) is 0. The third-order valence-electron chi connectivity index (χ3n) is 3.41. The molecule has 0 bridgehead atoms. The number of hydrogen-bond donors (Lipinski definition) is 1. The molecule has 1 aromatic rings. The zero-order valence-corrected chi connectivity index (χ0v) is 9.76. The number of hydrogen-bond acceptors (Lipinski definition) is 2. The summed E-state index contributed by atoms with van der Waals surface area (Å²) < 4.78 is 0. The Kier molecular flexibility index (Phi) is 3.91. The van der Waals surface area contributed by atoms with Crippen molar-refractivity contribution in [2.24, 2.45) is 5.92 Å². The quantitative estimate of drug-likeness (QED) is 0.808. The molecule has 0 spiro atoms. The highest BCUT2D eigenvalue weighted by Crippen LogP contribution is 2.31. The smallest absolute Gasteiger partial charge is 0.207 e. The molecular weight excluding hydrogens is 214 g/mol. The molecule has 3 heteroatoms. The van der Waals surface area contributed by atoms with Gasteiger partial charge >= 0.3 is 0 Å². The van der Waals surface area contributed by atoms with E-state index in [2.05, 4.69) is 5.32 Å². The summed E-state index contributed by atoms with van der Waals surface area (Å²) in [4.78, 5) is 22.6. The molecule has 3 nitrogen and oxygen atoms in total. The van der Waals surface area contributed by atoms with Gasteiger partial charge in [-0.25, -0.2) is 0 Å². The van der Waals surface area contributed by atoms with Crippen LogP contribution < -0.4 is 5.32 Å². The molecule has 2 atom stereocenters. The summed E-state index contributed by atoms with van der Waals surface area (Å²) in [6.45, 7) is 0. The molecule has 0 aliphatic heterocycles. The molecule has 0 heterocycles. The van der Waals surface area contributed by atoms with Crippen LogP contribution in [0.25, 0.3) is 0 Å². The standard InChI is InChI=1S/C14H17NO2/c16-10-15-14(11-6-2-1-3-7-11)12-8-4-5-9-13(12)17/h1-3,6-7,10,12,14H,4-5,8-9H2,(H,15,16). The summed E-state index contributed by atoms with van der Waals surface area (Å²) in [5.41, 5.74) is 1.01. The maximum atomic E-state index is 11.9. The summed E-state index contributed by atoms with van der Waals surface area (Å²) in [6, 6.07) is 9.56. The fourth-order valence-corrected chi connectivity index (χ4v) is 2.54. The minimum Gasteiger partial charge on any atom is -0.351 e. The Morgan fingerprint density at radius 1 is 1.24 bits per heavy atom. The summed E-state index contributed by atoms with van der Waals surface area (Å²) >= 11 is 0. The Bertz CT molecular complexity index is 388. The molecular formula is C14H17NO2. The zero-order valence-electron chi connectivity index (χ0n) is 9.76. The molecule has 1 aliphatic carbocycles. The Balaban J connectivity index is 2.22. The molecule has 1 amide bonds. The van der Waals surface area contributed by atoms with E-state index in [1.807, 2.05) is 30.3 Å². The van der Waals surface area contributed by atoms with E-state index >= 15 is 0 Å². The lowest BCUT2D eigenvalue weighted by Crippen LogP contribution is -2.34. The van der Waals surface area contributed by atoms with Gasteiger partial charge in [0.25, 0.3) is 0 Å². The number of rotatable bonds is 4. The van der Waals surface area contributed by atoms with E-state index in [1.165, 1.54) is 0 Å². The Morgan fingerprint density at radius 3 is 2.65 bits per heavy atom. The van der Waals surface area contributed by atoms with Crippen molar-refractivity contribution in [2.75, 3.05) is 0 Å². The first-order chi connectivity index (χ1) is 8.33. The van der Waals surface area contributed by atoms with Crippen molar-refractivity contribution in [2.45, 2.75) is 31.7 Å². The second-order valence-corrected chi connectivity index (χ2v) is 4.49. The van der Waals surface area contributed by atoms with Crippen molar-refractivity contribution in [3.63, 3.8) is 0 Å². The lowest BCUT2D eigenvalue weighted by atomic mass is 9.80. The third-order valence-corrected chi connectivity index (χ3v) is 3.41. The number of Topliss-reactive ketones (excluding diaryl/α,β-unsaturated/α-hetero) is 1. The summed E-state index contributed by atoms with van der Waals surface area (Å²) in [6.07, 6.45) is 4.27. The molecule has 0 aromatic heterocycles. The summed E-state index contributed by atoms with van der Waals surface area (Å²) in [5.74, 6) is 0.218. The highest BCUT2D eigenvalue weighted by Gasteiger charge is 2.30. The normalized spacial score (nSPS) is 21.9. The van der Waals surface area contributed by atoms with Gasteiger partial charge < -0.3 is 5.32 Å². The number of ketones is 1.